The summed E-state index contributed by atoms with van der Waals surface area (Å²) in [5.74, 6) is 0. The van der Waals surface area contributed by atoms with Gasteiger partial charge in [0.05, 0.1) is 11.6 Å². The lowest BCUT2D eigenvalue weighted by Crippen LogP contribution is -2.01. The molecule has 2 rings (SSSR count). The van der Waals surface area contributed by atoms with E-state index in [-0.39, 0.29) is 0 Å². The van der Waals surface area contributed by atoms with E-state index in [4.69, 9.17) is 16.9 Å². The van der Waals surface area contributed by atoms with Crippen LogP contribution in [0.1, 0.15) is 28.4 Å². The molecule has 0 aliphatic rings. The van der Waals surface area contributed by atoms with Crippen LogP contribution in [0.15, 0.2) is 30.3 Å². The minimum absolute atomic E-state index is 0.462. The summed E-state index contributed by atoms with van der Waals surface area (Å²) >= 11 is 5.65. The molecule has 0 amide bonds. The molecule has 0 spiro atoms. The van der Waals surface area contributed by atoms with E-state index >= 15 is 0 Å². The van der Waals surface area contributed by atoms with Crippen LogP contribution in [0, 0.1) is 11.3 Å². The molecule has 2 nitrogen and oxygen atoms in total. The number of nitriles is 1. The summed E-state index contributed by atoms with van der Waals surface area (Å²) in [7, 11) is 0. The van der Waals surface area contributed by atoms with Crippen LogP contribution in [0.25, 0.3) is 10.8 Å². The van der Waals surface area contributed by atoms with E-state index in [2.05, 4.69) is 6.07 Å². The number of hydrogen-bond donors (Lipinski definition) is 0. The topological polar surface area (TPSA) is 40.9 Å². The molecular formula is C14H10ClNO. The Labute approximate surface area is 104 Å². The Bertz CT molecular complexity index is 640. The Morgan fingerprint density at radius 3 is 2.71 bits per heavy atom. The molecule has 0 aliphatic carbocycles. The highest BCUT2D eigenvalue weighted by molar-refractivity contribution is 6.68. The van der Waals surface area contributed by atoms with E-state index < -0.39 is 5.24 Å². The molecule has 0 fully saturated rings. The summed E-state index contributed by atoms with van der Waals surface area (Å²) in [4.78, 5) is 11.6. The van der Waals surface area contributed by atoms with Gasteiger partial charge < -0.3 is 0 Å². The van der Waals surface area contributed by atoms with Crippen molar-refractivity contribution in [2.45, 2.75) is 13.3 Å². The zero-order valence-corrected chi connectivity index (χ0v) is 10.1. The van der Waals surface area contributed by atoms with Crippen molar-refractivity contribution in [1.82, 2.24) is 0 Å². The number of nitrogens with zero attached hydrogens (tertiary/aromatic N) is 1. The third-order valence-corrected chi connectivity index (χ3v) is 3.02. The number of benzene rings is 2. The van der Waals surface area contributed by atoms with E-state index in [9.17, 15) is 4.79 Å². The highest BCUT2D eigenvalue weighted by atomic mass is 35.5. The number of carbonyl (C=O) groups is 1. The van der Waals surface area contributed by atoms with Crippen molar-refractivity contribution >= 4 is 27.6 Å². The van der Waals surface area contributed by atoms with Gasteiger partial charge in [0.2, 0.25) is 0 Å². The molecular weight excluding hydrogens is 234 g/mol. The van der Waals surface area contributed by atoms with Crippen LogP contribution in [-0.4, -0.2) is 5.24 Å². The predicted molar refractivity (Wildman–Crippen MR) is 68.2 cm³/mol. The van der Waals surface area contributed by atoms with Gasteiger partial charge in [-0.2, -0.15) is 5.26 Å². The molecule has 17 heavy (non-hydrogen) atoms. The van der Waals surface area contributed by atoms with Crippen LogP contribution < -0.4 is 0 Å². The molecule has 0 unspecified atom stereocenters. The van der Waals surface area contributed by atoms with E-state index in [1.54, 1.807) is 6.07 Å². The Morgan fingerprint density at radius 2 is 2.12 bits per heavy atom. The summed E-state index contributed by atoms with van der Waals surface area (Å²) in [5.41, 5.74) is 1.71. The van der Waals surface area contributed by atoms with Gasteiger partial charge in [0.1, 0.15) is 0 Å². The minimum atomic E-state index is -0.504. The van der Waals surface area contributed by atoms with Crippen molar-refractivity contribution in [3.63, 3.8) is 0 Å². The number of carbonyl (C=O) groups excluding carboxylic acids is 1. The zero-order valence-electron chi connectivity index (χ0n) is 9.33. The van der Waals surface area contributed by atoms with Gasteiger partial charge in [0.25, 0.3) is 5.24 Å². The van der Waals surface area contributed by atoms with Gasteiger partial charge in [-0.25, -0.2) is 0 Å². The first-order valence-electron chi connectivity index (χ1n) is 5.33. The monoisotopic (exact) mass is 243 g/mol. The third-order valence-electron chi connectivity index (χ3n) is 2.83. The lowest BCUT2D eigenvalue weighted by Gasteiger charge is -2.10. The van der Waals surface area contributed by atoms with E-state index in [1.807, 2.05) is 31.2 Å². The molecule has 0 bridgehead atoms. The maximum atomic E-state index is 11.6. The van der Waals surface area contributed by atoms with Crippen LogP contribution in [0.2, 0.25) is 0 Å². The quantitative estimate of drug-likeness (QED) is 0.756. The average molecular weight is 244 g/mol. The van der Waals surface area contributed by atoms with E-state index in [0.29, 0.717) is 17.5 Å². The fourth-order valence-electron chi connectivity index (χ4n) is 2.08. The molecule has 84 valence electrons. The average Bonchev–Trinajstić information content (AvgIpc) is 2.35. The summed E-state index contributed by atoms with van der Waals surface area (Å²) in [6, 6.07) is 11.4. The SMILES string of the molecule is CCc1c(C#N)cc2ccccc2c1C(=O)Cl. The van der Waals surface area contributed by atoms with Gasteiger partial charge in [-0.3, -0.25) is 4.79 Å². The third kappa shape index (κ3) is 1.90. The standard InChI is InChI=1S/C14H10ClNO/c1-2-11-10(8-16)7-9-5-3-4-6-12(9)13(11)14(15)17/h3-7H,2H2,1H3. The fourth-order valence-corrected chi connectivity index (χ4v) is 2.30. The number of fused-ring (bicyclic) bond motifs is 1. The second kappa shape index (κ2) is 4.57. The summed E-state index contributed by atoms with van der Waals surface area (Å²) in [6.45, 7) is 1.91. The van der Waals surface area contributed by atoms with Crippen molar-refractivity contribution in [1.29, 1.82) is 5.26 Å². The second-order valence-corrected chi connectivity index (χ2v) is 4.08. The Kier molecular flexibility index (Phi) is 3.12. The zero-order chi connectivity index (χ0) is 12.4. The Balaban J connectivity index is 2.97. The van der Waals surface area contributed by atoms with Crippen molar-refractivity contribution in [2.24, 2.45) is 0 Å². The van der Waals surface area contributed by atoms with Gasteiger partial charge in [0.15, 0.2) is 0 Å². The number of hydrogen-bond acceptors (Lipinski definition) is 2. The lowest BCUT2D eigenvalue weighted by atomic mass is 9.93. The van der Waals surface area contributed by atoms with Crippen LogP contribution in [0.3, 0.4) is 0 Å². The van der Waals surface area contributed by atoms with Gasteiger partial charge in [-0.05, 0) is 40.4 Å². The Morgan fingerprint density at radius 1 is 1.41 bits per heavy atom. The van der Waals surface area contributed by atoms with Crippen molar-refractivity contribution < 1.29 is 4.79 Å². The van der Waals surface area contributed by atoms with Crippen molar-refractivity contribution in [3.8, 4) is 6.07 Å². The molecule has 0 saturated carbocycles. The molecule has 0 saturated heterocycles. The summed E-state index contributed by atoms with van der Waals surface area (Å²) in [6.07, 6.45) is 0.613. The maximum Gasteiger partial charge on any atom is 0.253 e. The Hall–Kier alpha value is -1.85. The maximum absolute atomic E-state index is 11.6. The number of halogens is 1. The van der Waals surface area contributed by atoms with Gasteiger partial charge in [-0.15, -0.1) is 0 Å². The largest absolute Gasteiger partial charge is 0.276 e. The minimum Gasteiger partial charge on any atom is -0.276 e. The van der Waals surface area contributed by atoms with E-state index in [1.165, 1.54) is 0 Å². The first-order chi connectivity index (χ1) is 8.19. The molecule has 0 aliphatic heterocycles. The summed E-state index contributed by atoms with van der Waals surface area (Å²) < 4.78 is 0. The second-order valence-electron chi connectivity index (χ2n) is 3.74. The predicted octanol–water partition coefficient (Wildman–Crippen LogP) is 3.65. The highest BCUT2D eigenvalue weighted by Crippen LogP contribution is 2.27. The molecule has 0 aromatic heterocycles. The number of rotatable bonds is 2. The van der Waals surface area contributed by atoms with Crippen molar-refractivity contribution in [2.75, 3.05) is 0 Å². The van der Waals surface area contributed by atoms with Crippen LogP contribution >= 0.6 is 11.6 Å². The molecule has 0 atom stereocenters. The molecule has 0 N–H and O–H groups in total. The summed E-state index contributed by atoms with van der Waals surface area (Å²) in [5, 5.41) is 10.3. The molecule has 2 aromatic carbocycles. The smallest absolute Gasteiger partial charge is 0.253 e. The van der Waals surface area contributed by atoms with Gasteiger partial charge >= 0.3 is 0 Å². The molecule has 0 heterocycles. The normalized spacial score (nSPS) is 10.2. The first-order valence-corrected chi connectivity index (χ1v) is 5.71. The van der Waals surface area contributed by atoms with Crippen LogP contribution in [0.4, 0.5) is 0 Å². The fraction of sp³-hybridized carbons (Fsp3) is 0.143. The molecule has 2 aromatic rings. The first kappa shape index (κ1) is 11.6. The van der Waals surface area contributed by atoms with Gasteiger partial charge in [-0.1, -0.05) is 31.2 Å². The van der Waals surface area contributed by atoms with Crippen LogP contribution in [0.5, 0.6) is 0 Å². The molecule has 0 radical (unpaired) electrons. The van der Waals surface area contributed by atoms with E-state index in [0.717, 1.165) is 16.3 Å². The van der Waals surface area contributed by atoms with Crippen LogP contribution in [-0.2, 0) is 6.42 Å². The lowest BCUT2D eigenvalue weighted by molar-refractivity contribution is 0.108. The van der Waals surface area contributed by atoms with Crippen molar-refractivity contribution in [3.05, 3.63) is 47.0 Å². The van der Waals surface area contributed by atoms with Gasteiger partial charge in [0, 0.05) is 5.56 Å². The highest BCUT2D eigenvalue weighted by Gasteiger charge is 2.16. The molecule has 3 heteroatoms.